The fourth-order valence-electron chi connectivity index (χ4n) is 5.41. The van der Waals surface area contributed by atoms with E-state index < -0.39 is 35.9 Å². The summed E-state index contributed by atoms with van der Waals surface area (Å²) in [7, 11) is -9.63. The standard InChI is InChI=1S/C38H31N7O8S2/c1-23-19-28(41-38(47)40-26-7-4-3-5-8-26)15-17-33(23)45-43-29-16-18-34(24(2)20-29)44-42-27-13-11-25(12-14-27)37(46)39-30-21-32-31(36(22-30)55(51,52)53)9-6-10-35(32)54(48,49)50/h3-22H,1-2H3,(H,39,46)(H2,40,41,47)(H,48,49,50)(H,51,52,53). The van der Waals surface area contributed by atoms with Crippen molar-refractivity contribution in [3.63, 3.8) is 0 Å². The number of urea groups is 1. The third kappa shape index (κ3) is 9.48. The van der Waals surface area contributed by atoms with Crippen molar-refractivity contribution < 1.29 is 35.5 Å². The largest absolute Gasteiger partial charge is 0.323 e. The van der Waals surface area contributed by atoms with E-state index in [-0.39, 0.29) is 28.1 Å². The van der Waals surface area contributed by atoms with E-state index in [1.807, 2.05) is 32.0 Å². The van der Waals surface area contributed by atoms with Crippen LogP contribution >= 0.6 is 0 Å². The second kappa shape index (κ2) is 15.7. The molecule has 0 radical (unpaired) electrons. The van der Waals surface area contributed by atoms with Gasteiger partial charge in [0.25, 0.3) is 26.1 Å². The maximum Gasteiger partial charge on any atom is 0.323 e. The van der Waals surface area contributed by atoms with E-state index in [2.05, 4.69) is 36.4 Å². The lowest BCUT2D eigenvalue weighted by molar-refractivity contribution is 0.102. The minimum Gasteiger partial charge on any atom is -0.322 e. The Hall–Kier alpha value is -6.66. The molecule has 15 nitrogen and oxygen atoms in total. The first-order valence-corrected chi connectivity index (χ1v) is 19.1. The molecule has 0 unspecified atom stereocenters. The predicted molar refractivity (Wildman–Crippen MR) is 208 cm³/mol. The molecular weight excluding hydrogens is 747 g/mol. The maximum atomic E-state index is 13.1. The number of hydrogen-bond donors (Lipinski definition) is 5. The summed E-state index contributed by atoms with van der Waals surface area (Å²) in [5.41, 5.74) is 5.05. The molecule has 6 aromatic carbocycles. The molecule has 55 heavy (non-hydrogen) atoms. The SMILES string of the molecule is Cc1cc(N=Nc2ccc(NC(=O)Nc3ccccc3)cc2C)ccc1N=Nc1ccc(C(=O)Nc2cc(S(=O)(=O)O)c3cccc(S(=O)(=O)O)c3c2)cc1. The molecule has 0 atom stereocenters. The van der Waals surface area contributed by atoms with Gasteiger partial charge in [0.15, 0.2) is 0 Å². The molecule has 0 bridgehead atoms. The normalized spacial score (nSPS) is 11.9. The van der Waals surface area contributed by atoms with Gasteiger partial charge in [0.05, 0.1) is 22.7 Å². The van der Waals surface area contributed by atoms with Gasteiger partial charge in [-0.2, -0.15) is 37.3 Å². The predicted octanol–water partition coefficient (Wildman–Crippen LogP) is 9.68. The molecule has 0 saturated heterocycles. The third-order valence-corrected chi connectivity index (χ3v) is 9.88. The lowest BCUT2D eigenvalue weighted by Crippen LogP contribution is -2.19. The van der Waals surface area contributed by atoms with Crippen LogP contribution in [0.5, 0.6) is 0 Å². The van der Waals surface area contributed by atoms with Gasteiger partial charge >= 0.3 is 6.03 Å². The Kier molecular flexibility index (Phi) is 10.9. The number of para-hydroxylation sites is 1. The van der Waals surface area contributed by atoms with Crippen LogP contribution in [0.4, 0.5) is 44.6 Å². The highest BCUT2D eigenvalue weighted by Crippen LogP contribution is 2.33. The van der Waals surface area contributed by atoms with Crippen LogP contribution in [-0.2, 0) is 20.2 Å². The van der Waals surface area contributed by atoms with E-state index in [9.17, 15) is 35.5 Å². The van der Waals surface area contributed by atoms with Gasteiger partial charge < -0.3 is 16.0 Å². The molecule has 3 amide bonds. The fourth-order valence-corrected chi connectivity index (χ4v) is 6.84. The van der Waals surface area contributed by atoms with Crippen molar-refractivity contribution in [2.45, 2.75) is 23.6 Å². The molecule has 17 heteroatoms. The van der Waals surface area contributed by atoms with E-state index in [1.165, 1.54) is 42.5 Å². The number of azo groups is 2. The summed E-state index contributed by atoms with van der Waals surface area (Å²) in [6.45, 7) is 3.70. The number of hydrogen-bond acceptors (Lipinski definition) is 10. The van der Waals surface area contributed by atoms with Gasteiger partial charge in [-0.05, 0) is 116 Å². The van der Waals surface area contributed by atoms with Crippen LogP contribution in [0, 0.1) is 13.8 Å². The first kappa shape index (κ1) is 38.1. The van der Waals surface area contributed by atoms with Crippen molar-refractivity contribution in [3.8, 4) is 0 Å². The molecule has 0 heterocycles. The summed E-state index contributed by atoms with van der Waals surface area (Å²) in [5, 5.41) is 24.9. The van der Waals surface area contributed by atoms with Gasteiger partial charge in [0.1, 0.15) is 9.79 Å². The number of carbonyl (C=O) groups excluding carboxylic acids is 2. The van der Waals surface area contributed by atoms with Gasteiger partial charge in [0, 0.05) is 33.4 Å². The summed E-state index contributed by atoms with van der Waals surface area (Å²) < 4.78 is 67.6. The lowest BCUT2D eigenvalue weighted by Gasteiger charge is -2.12. The van der Waals surface area contributed by atoms with Crippen LogP contribution in [0.25, 0.3) is 10.8 Å². The highest BCUT2D eigenvalue weighted by atomic mass is 32.2. The molecule has 0 aliphatic heterocycles. The fraction of sp³-hybridized carbons (Fsp3) is 0.0526. The highest BCUT2D eigenvalue weighted by Gasteiger charge is 2.22. The summed E-state index contributed by atoms with van der Waals surface area (Å²) in [4.78, 5) is 24.1. The van der Waals surface area contributed by atoms with Crippen LogP contribution in [0.15, 0.2) is 152 Å². The molecule has 5 N–H and O–H groups in total. The Morgan fingerprint density at radius 2 is 1.11 bits per heavy atom. The number of carbonyl (C=O) groups is 2. The molecule has 0 spiro atoms. The summed E-state index contributed by atoms with van der Waals surface area (Å²) in [6, 6.07) is 31.0. The van der Waals surface area contributed by atoms with Crippen molar-refractivity contribution in [1.82, 2.24) is 0 Å². The molecule has 0 aliphatic carbocycles. The van der Waals surface area contributed by atoms with E-state index >= 15 is 0 Å². The number of nitrogens with zero attached hydrogens (tertiary/aromatic N) is 4. The molecule has 6 rings (SSSR count). The number of nitrogens with one attached hydrogen (secondary N) is 3. The summed E-state index contributed by atoms with van der Waals surface area (Å²) >= 11 is 0. The van der Waals surface area contributed by atoms with E-state index in [0.717, 1.165) is 23.3 Å². The van der Waals surface area contributed by atoms with Crippen LogP contribution in [0.3, 0.4) is 0 Å². The van der Waals surface area contributed by atoms with Crippen molar-refractivity contribution in [2.75, 3.05) is 16.0 Å². The summed E-state index contributed by atoms with van der Waals surface area (Å²) in [6.07, 6.45) is 0. The van der Waals surface area contributed by atoms with Gasteiger partial charge in [-0.25, -0.2) is 4.79 Å². The Balaban J connectivity index is 1.10. The van der Waals surface area contributed by atoms with Gasteiger partial charge in [-0.1, -0.05) is 30.3 Å². The van der Waals surface area contributed by atoms with Gasteiger partial charge in [-0.3, -0.25) is 13.9 Å². The molecule has 6 aromatic rings. The van der Waals surface area contributed by atoms with Gasteiger partial charge in [0.2, 0.25) is 0 Å². The second-order valence-electron chi connectivity index (χ2n) is 12.1. The number of aryl methyl sites for hydroxylation is 2. The van der Waals surface area contributed by atoms with Crippen LogP contribution in [0.2, 0.25) is 0 Å². The quantitative estimate of drug-likeness (QED) is 0.0662. The van der Waals surface area contributed by atoms with Crippen molar-refractivity contribution in [2.24, 2.45) is 20.5 Å². The third-order valence-electron chi connectivity index (χ3n) is 8.07. The van der Waals surface area contributed by atoms with Crippen LogP contribution in [0.1, 0.15) is 21.5 Å². The van der Waals surface area contributed by atoms with E-state index in [1.54, 1.807) is 48.5 Å². The number of amides is 3. The minimum absolute atomic E-state index is 0.144. The molecule has 278 valence electrons. The lowest BCUT2D eigenvalue weighted by atomic mass is 10.1. The second-order valence-corrected chi connectivity index (χ2v) is 14.9. The zero-order chi connectivity index (χ0) is 39.3. The Morgan fingerprint density at radius 1 is 0.509 bits per heavy atom. The van der Waals surface area contributed by atoms with Gasteiger partial charge in [-0.15, -0.1) is 0 Å². The molecule has 0 aromatic heterocycles. The highest BCUT2D eigenvalue weighted by molar-refractivity contribution is 7.86. The number of benzene rings is 6. The zero-order valence-electron chi connectivity index (χ0n) is 29.0. The monoisotopic (exact) mass is 777 g/mol. The first-order valence-electron chi connectivity index (χ1n) is 16.2. The maximum absolute atomic E-state index is 13.1. The summed E-state index contributed by atoms with van der Waals surface area (Å²) in [5.74, 6) is -0.678. The number of anilines is 3. The average molecular weight is 778 g/mol. The van der Waals surface area contributed by atoms with Crippen LogP contribution in [-0.4, -0.2) is 37.9 Å². The zero-order valence-corrected chi connectivity index (χ0v) is 30.6. The first-order chi connectivity index (χ1) is 26.1. The van der Waals surface area contributed by atoms with Crippen molar-refractivity contribution >= 4 is 82.8 Å². The Morgan fingerprint density at radius 3 is 1.75 bits per heavy atom. The molecule has 0 fully saturated rings. The minimum atomic E-state index is -4.86. The van der Waals surface area contributed by atoms with Crippen molar-refractivity contribution in [1.29, 1.82) is 0 Å². The average Bonchev–Trinajstić information content (AvgIpc) is 3.13. The number of fused-ring (bicyclic) bond motifs is 1. The Bertz CT molecular complexity index is 2740. The van der Waals surface area contributed by atoms with E-state index in [4.69, 9.17) is 0 Å². The Labute approximate surface area is 315 Å². The smallest absolute Gasteiger partial charge is 0.322 e. The molecule has 0 saturated carbocycles. The topological polar surface area (TPSA) is 228 Å². The van der Waals surface area contributed by atoms with E-state index in [0.29, 0.717) is 34.1 Å². The van der Waals surface area contributed by atoms with Crippen molar-refractivity contribution in [3.05, 3.63) is 138 Å². The molecule has 0 aliphatic rings. The number of rotatable bonds is 10. The van der Waals surface area contributed by atoms with Crippen LogP contribution < -0.4 is 16.0 Å². The molecular formula is C38H31N7O8S2.